The quantitative estimate of drug-likeness (QED) is 0.283. The van der Waals surface area contributed by atoms with Crippen LogP contribution in [0.5, 0.6) is 0 Å². The van der Waals surface area contributed by atoms with Crippen LogP contribution in [-0.2, 0) is 28.6 Å². The van der Waals surface area contributed by atoms with Crippen molar-refractivity contribution in [2.45, 2.75) is 104 Å². The van der Waals surface area contributed by atoms with Crippen molar-refractivity contribution in [3.8, 4) is 0 Å². The van der Waals surface area contributed by atoms with Gasteiger partial charge in [0.05, 0.1) is 12.2 Å². The Bertz CT molecular complexity index is 479. The first-order valence-corrected chi connectivity index (χ1v) is 12.6. The summed E-state index contributed by atoms with van der Waals surface area (Å²) in [7, 11) is -8.34. The zero-order chi connectivity index (χ0) is 19.3. The fourth-order valence-corrected chi connectivity index (χ4v) is 5.60. The minimum atomic E-state index is -4.17. The first-order chi connectivity index (χ1) is 11.6. The molecular formula is C17H36O6S2. The van der Waals surface area contributed by atoms with Crippen molar-refractivity contribution in [2.24, 2.45) is 0 Å². The van der Waals surface area contributed by atoms with Gasteiger partial charge in [0.1, 0.15) is 0 Å². The van der Waals surface area contributed by atoms with E-state index < -0.39 is 37.5 Å². The highest BCUT2D eigenvalue weighted by molar-refractivity contribution is 8.03. The second kappa shape index (κ2) is 13.1. The normalized spacial score (nSPS) is 15.2. The highest BCUT2D eigenvalue weighted by Crippen LogP contribution is 2.15. The molecule has 0 aromatic carbocycles. The predicted octanol–water partition coefficient (Wildman–Crippen LogP) is 4.35. The Balaban J connectivity index is 4.31. The Morgan fingerprint density at radius 3 is 1.32 bits per heavy atom. The van der Waals surface area contributed by atoms with Crippen molar-refractivity contribution in [3.63, 3.8) is 0 Å². The average molecular weight is 401 g/mol. The van der Waals surface area contributed by atoms with Crippen molar-refractivity contribution in [3.05, 3.63) is 0 Å². The van der Waals surface area contributed by atoms with Crippen molar-refractivity contribution >= 4 is 20.2 Å². The highest BCUT2D eigenvalue weighted by Gasteiger charge is 2.27. The van der Waals surface area contributed by atoms with Crippen molar-refractivity contribution in [2.75, 3.05) is 5.08 Å². The molecule has 0 heterocycles. The molecule has 0 aromatic rings. The standard InChI is InChI=1S/C17H36O6S2/c1-5-7-9-11-13-16(3)22-24(18,19)15-25(20,21)23-17(4)14-12-10-8-6-2/h16-17H,5-15H2,1-4H3. The lowest BCUT2D eigenvalue weighted by Gasteiger charge is -2.15. The molecule has 0 fully saturated rings. The van der Waals surface area contributed by atoms with Crippen LogP contribution in [0.25, 0.3) is 0 Å². The zero-order valence-electron chi connectivity index (χ0n) is 16.2. The SMILES string of the molecule is CCCCCCC(C)OS(=O)(=O)CS(=O)(=O)OC(C)CCCCCC. The molecule has 0 aliphatic carbocycles. The molecule has 152 valence electrons. The monoisotopic (exact) mass is 400 g/mol. The lowest BCUT2D eigenvalue weighted by molar-refractivity contribution is 0.208. The van der Waals surface area contributed by atoms with Crippen LogP contribution >= 0.6 is 0 Å². The molecule has 8 heteroatoms. The van der Waals surface area contributed by atoms with E-state index in [4.69, 9.17) is 8.37 Å². The second-order valence-corrected chi connectivity index (χ2v) is 10.3. The Morgan fingerprint density at radius 2 is 1.00 bits per heavy atom. The Labute approximate surface area is 154 Å². The zero-order valence-corrected chi connectivity index (χ0v) is 17.8. The van der Waals surface area contributed by atoms with E-state index in [1.807, 2.05) is 0 Å². The van der Waals surface area contributed by atoms with Crippen LogP contribution in [-0.4, -0.2) is 34.1 Å². The summed E-state index contributed by atoms with van der Waals surface area (Å²) in [6.07, 6.45) is 8.28. The second-order valence-electron chi connectivity index (χ2n) is 6.75. The van der Waals surface area contributed by atoms with Crippen LogP contribution in [0.4, 0.5) is 0 Å². The third-order valence-corrected chi connectivity index (χ3v) is 7.39. The van der Waals surface area contributed by atoms with Crippen LogP contribution in [0.2, 0.25) is 0 Å². The largest absolute Gasteiger partial charge is 0.284 e. The summed E-state index contributed by atoms with van der Waals surface area (Å²) in [6.45, 7) is 7.49. The summed E-state index contributed by atoms with van der Waals surface area (Å²) < 4.78 is 57.7. The van der Waals surface area contributed by atoms with E-state index in [1.54, 1.807) is 13.8 Å². The van der Waals surface area contributed by atoms with Crippen LogP contribution < -0.4 is 0 Å². The van der Waals surface area contributed by atoms with Crippen LogP contribution in [0.3, 0.4) is 0 Å². The summed E-state index contributed by atoms with van der Waals surface area (Å²) >= 11 is 0. The van der Waals surface area contributed by atoms with Gasteiger partial charge in [-0.1, -0.05) is 65.2 Å². The van der Waals surface area contributed by atoms with Gasteiger partial charge in [-0.15, -0.1) is 0 Å². The highest BCUT2D eigenvalue weighted by atomic mass is 32.3. The molecule has 0 radical (unpaired) electrons. The molecule has 0 aliphatic rings. The van der Waals surface area contributed by atoms with Crippen molar-refractivity contribution in [1.82, 2.24) is 0 Å². The summed E-state index contributed by atoms with van der Waals surface area (Å²) in [4.78, 5) is 0. The first kappa shape index (κ1) is 24.8. The molecule has 2 atom stereocenters. The minimum absolute atomic E-state index is 0.525. The molecule has 0 N–H and O–H groups in total. The maximum absolute atomic E-state index is 11.9. The summed E-state index contributed by atoms with van der Waals surface area (Å²) in [5, 5.41) is -1.13. The molecule has 0 saturated carbocycles. The lowest BCUT2D eigenvalue weighted by atomic mass is 10.1. The molecule has 0 aromatic heterocycles. The molecule has 0 rings (SSSR count). The Morgan fingerprint density at radius 1 is 0.640 bits per heavy atom. The van der Waals surface area contributed by atoms with Gasteiger partial charge in [-0.3, -0.25) is 8.37 Å². The van der Waals surface area contributed by atoms with Gasteiger partial charge in [-0.2, -0.15) is 16.8 Å². The Hall–Kier alpha value is -0.180. The van der Waals surface area contributed by atoms with Gasteiger partial charge in [0.25, 0.3) is 20.2 Å². The van der Waals surface area contributed by atoms with E-state index in [-0.39, 0.29) is 0 Å². The van der Waals surface area contributed by atoms with E-state index in [0.29, 0.717) is 12.8 Å². The van der Waals surface area contributed by atoms with Crippen molar-refractivity contribution in [1.29, 1.82) is 0 Å². The topological polar surface area (TPSA) is 86.7 Å². The molecule has 0 saturated heterocycles. The van der Waals surface area contributed by atoms with Gasteiger partial charge in [0.2, 0.25) is 5.08 Å². The van der Waals surface area contributed by atoms with Crippen molar-refractivity contribution < 1.29 is 25.2 Å². The van der Waals surface area contributed by atoms with Crippen LogP contribution in [0.1, 0.15) is 91.9 Å². The summed E-state index contributed by atoms with van der Waals surface area (Å²) in [6, 6.07) is 0. The number of hydrogen-bond acceptors (Lipinski definition) is 6. The Kier molecular flexibility index (Phi) is 13.0. The molecule has 0 amide bonds. The summed E-state index contributed by atoms with van der Waals surface area (Å²) in [5.41, 5.74) is 0. The van der Waals surface area contributed by atoms with E-state index in [1.165, 1.54) is 0 Å². The smallest absolute Gasteiger partial charge is 0.266 e. The van der Waals surface area contributed by atoms with E-state index in [9.17, 15) is 16.8 Å². The molecule has 0 spiro atoms. The van der Waals surface area contributed by atoms with Gasteiger partial charge in [-0.25, -0.2) is 0 Å². The van der Waals surface area contributed by atoms with Gasteiger partial charge >= 0.3 is 0 Å². The average Bonchev–Trinajstić information content (AvgIpc) is 2.45. The molecule has 2 unspecified atom stereocenters. The maximum atomic E-state index is 11.9. The number of rotatable bonds is 16. The van der Waals surface area contributed by atoms with Crippen LogP contribution in [0, 0.1) is 0 Å². The molecular weight excluding hydrogens is 364 g/mol. The third-order valence-electron chi connectivity index (χ3n) is 3.84. The molecule has 6 nitrogen and oxygen atoms in total. The molecule has 0 bridgehead atoms. The van der Waals surface area contributed by atoms with Gasteiger partial charge in [0.15, 0.2) is 0 Å². The lowest BCUT2D eigenvalue weighted by Crippen LogP contribution is -2.26. The minimum Gasteiger partial charge on any atom is -0.266 e. The van der Waals surface area contributed by atoms with Crippen LogP contribution in [0.15, 0.2) is 0 Å². The van der Waals surface area contributed by atoms with E-state index in [0.717, 1.165) is 51.4 Å². The van der Waals surface area contributed by atoms with Gasteiger partial charge in [-0.05, 0) is 26.7 Å². The van der Waals surface area contributed by atoms with E-state index in [2.05, 4.69) is 13.8 Å². The predicted molar refractivity (Wildman–Crippen MR) is 101 cm³/mol. The molecule has 0 aliphatic heterocycles. The molecule has 25 heavy (non-hydrogen) atoms. The van der Waals surface area contributed by atoms with Gasteiger partial charge < -0.3 is 0 Å². The fraction of sp³-hybridized carbons (Fsp3) is 1.00. The number of hydrogen-bond donors (Lipinski definition) is 0. The van der Waals surface area contributed by atoms with E-state index >= 15 is 0 Å². The third kappa shape index (κ3) is 14.7. The summed E-state index contributed by atoms with van der Waals surface area (Å²) in [5.74, 6) is 0. The first-order valence-electron chi connectivity index (χ1n) is 9.43. The fourth-order valence-electron chi connectivity index (χ4n) is 2.55. The maximum Gasteiger partial charge on any atom is 0.284 e. The van der Waals surface area contributed by atoms with Gasteiger partial charge in [0, 0.05) is 0 Å². The number of unbranched alkanes of at least 4 members (excludes halogenated alkanes) is 6.